The van der Waals surface area contributed by atoms with E-state index in [2.05, 4.69) is 15.5 Å². The largest absolute Gasteiger partial charge is 0.472 e. The summed E-state index contributed by atoms with van der Waals surface area (Å²) < 4.78 is 5.57. The summed E-state index contributed by atoms with van der Waals surface area (Å²) in [5.74, 6) is 0.485. The van der Waals surface area contributed by atoms with Crippen LogP contribution in [0.3, 0.4) is 0 Å². The van der Waals surface area contributed by atoms with Gasteiger partial charge in [-0.1, -0.05) is 0 Å². The van der Waals surface area contributed by atoms with Crippen LogP contribution < -0.4 is 15.6 Å². The molecule has 2 N–H and O–H groups in total. The maximum atomic E-state index is 10.7. The van der Waals surface area contributed by atoms with Crippen LogP contribution in [0.1, 0.15) is 12.8 Å². The van der Waals surface area contributed by atoms with E-state index < -0.39 is 0 Å². The van der Waals surface area contributed by atoms with Crippen LogP contribution in [-0.2, 0) is 0 Å². The van der Waals surface area contributed by atoms with E-state index in [1.165, 1.54) is 6.07 Å². The Bertz CT molecular complexity index is 329. The molecule has 1 atom stereocenters. The van der Waals surface area contributed by atoms with Crippen LogP contribution in [-0.4, -0.2) is 29.4 Å². The molecule has 1 fully saturated rings. The SMILES string of the molecule is Cl.O=c1ccc(OC2CCCNC2)n[nH]1. The van der Waals surface area contributed by atoms with E-state index in [-0.39, 0.29) is 24.1 Å². The molecule has 0 radical (unpaired) electrons. The van der Waals surface area contributed by atoms with E-state index in [4.69, 9.17) is 4.74 Å². The summed E-state index contributed by atoms with van der Waals surface area (Å²) >= 11 is 0. The number of hydrogen-bond acceptors (Lipinski definition) is 4. The first-order chi connectivity index (χ1) is 6.84. The molecule has 5 nitrogen and oxygen atoms in total. The minimum atomic E-state index is -0.209. The number of hydrogen-bond donors (Lipinski definition) is 2. The summed E-state index contributed by atoms with van der Waals surface area (Å²) in [4.78, 5) is 10.7. The Hall–Kier alpha value is -1.07. The molecule has 0 aliphatic carbocycles. The van der Waals surface area contributed by atoms with Crippen molar-refractivity contribution in [1.29, 1.82) is 0 Å². The first kappa shape index (κ1) is 12.0. The van der Waals surface area contributed by atoms with Gasteiger partial charge < -0.3 is 10.1 Å². The standard InChI is InChI=1S/C9H13N3O2.ClH/c13-8-3-4-9(12-11-8)14-7-2-1-5-10-6-7;/h3-4,7,10H,1-2,5-6H2,(H,11,13);1H. The van der Waals surface area contributed by atoms with Crippen molar-refractivity contribution in [1.82, 2.24) is 15.5 Å². The van der Waals surface area contributed by atoms with Gasteiger partial charge in [-0.2, -0.15) is 0 Å². The zero-order valence-corrected chi connectivity index (χ0v) is 9.05. The lowest BCUT2D eigenvalue weighted by molar-refractivity contribution is 0.158. The maximum absolute atomic E-state index is 10.7. The van der Waals surface area contributed by atoms with E-state index in [0.717, 1.165) is 25.9 Å². The van der Waals surface area contributed by atoms with Gasteiger partial charge in [0.2, 0.25) is 5.88 Å². The second-order valence-corrected chi connectivity index (χ2v) is 3.35. The molecule has 0 bridgehead atoms. The van der Waals surface area contributed by atoms with Gasteiger partial charge in [-0.3, -0.25) is 4.79 Å². The van der Waals surface area contributed by atoms with Gasteiger partial charge in [-0.25, -0.2) is 5.10 Å². The van der Waals surface area contributed by atoms with Gasteiger partial charge in [0, 0.05) is 18.7 Å². The molecule has 2 rings (SSSR count). The number of piperidine rings is 1. The van der Waals surface area contributed by atoms with Crippen molar-refractivity contribution in [2.75, 3.05) is 13.1 Å². The van der Waals surface area contributed by atoms with E-state index in [0.29, 0.717) is 5.88 Å². The molecular formula is C9H14ClN3O2. The molecule has 1 aromatic heterocycles. The summed E-state index contributed by atoms with van der Waals surface area (Å²) in [6.45, 7) is 1.90. The van der Waals surface area contributed by atoms with Gasteiger partial charge in [0.05, 0.1) is 0 Å². The zero-order valence-electron chi connectivity index (χ0n) is 8.23. The van der Waals surface area contributed by atoms with Gasteiger partial charge in [0.15, 0.2) is 0 Å². The lowest BCUT2D eigenvalue weighted by Gasteiger charge is -2.22. The summed E-state index contributed by atoms with van der Waals surface area (Å²) in [5, 5.41) is 9.37. The molecule has 1 unspecified atom stereocenters. The number of nitrogens with zero attached hydrogens (tertiary/aromatic N) is 1. The predicted molar refractivity (Wildman–Crippen MR) is 58.6 cm³/mol. The van der Waals surface area contributed by atoms with Crippen LogP contribution in [0.25, 0.3) is 0 Å². The van der Waals surface area contributed by atoms with Crippen molar-refractivity contribution >= 4 is 12.4 Å². The molecule has 2 heterocycles. The van der Waals surface area contributed by atoms with Crippen molar-refractivity contribution in [3.05, 3.63) is 22.5 Å². The lowest BCUT2D eigenvalue weighted by Crippen LogP contribution is -2.37. The predicted octanol–water partition coefficient (Wildman–Crippen LogP) is 0.322. The molecule has 0 saturated carbocycles. The number of halogens is 1. The van der Waals surface area contributed by atoms with Crippen LogP contribution in [0.4, 0.5) is 0 Å². The Balaban J connectivity index is 0.00000112. The van der Waals surface area contributed by atoms with Crippen LogP contribution in [0.2, 0.25) is 0 Å². The summed E-state index contributed by atoms with van der Waals surface area (Å²) in [7, 11) is 0. The molecule has 0 spiro atoms. The Morgan fingerprint density at radius 3 is 2.93 bits per heavy atom. The summed E-state index contributed by atoms with van der Waals surface area (Å²) in [5.41, 5.74) is -0.209. The highest BCUT2D eigenvalue weighted by atomic mass is 35.5. The highest BCUT2D eigenvalue weighted by molar-refractivity contribution is 5.85. The quantitative estimate of drug-likeness (QED) is 0.770. The number of nitrogens with one attached hydrogen (secondary N) is 2. The fourth-order valence-corrected chi connectivity index (χ4v) is 1.49. The number of H-pyrrole nitrogens is 1. The number of rotatable bonds is 2. The van der Waals surface area contributed by atoms with Crippen LogP contribution in [0.15, 0.2) is 16.9 Å². The fourth-order valence-electron chi connectivity index (χ4n) is 1.49. The van der Waals surface area contributed by atoms with Crippen molar-refractivity contribution in [2.24, 2.45) is 0 Å². The third kappa shape index (κ3) is 3.53. The van der Waals surface area contributed by atoms with Crippen molar-refractivity contribution in [3.63, 3.8) is 0 Å². The van der Waals surface area contributed by atoms with Crippen molar-refractivity contribution < 1.29 is 4.74 Å². The molecule has 1 aliphatic heterocycles. The molecular weight excluding hydrogens is 218 g/mol. The molecule has 1 saturated heterocycles. The number of aromatic nitrogens is 2. The second-order valence-electron chi connectivity index (χ2n) is 3.35. The topological polar surface area (TPSA) is 67.0 Å². The third-order valence-electron chi connectivity index (χ3n) is 2.19. The van der Waals surface area contributed by atoms with Gasteiger partial charge >= 0.3 is 0 Å². The molecule has 0 amide bonds. The monoisotopic (exact) mass is 231 g/mol. The van der Waals surface area contributed by atoms with Crippen LogP contribution in [0.5, 0.6) is 5.88 Å². The van der Waals surface area contributed by atoms with E-state index in [1.807, 2.05) is 0 Å². The zero-order chi connectivity index (χ0) is 9.80. The summed E-state index contributed by atoms with van der Waals surface area (Å²) in [6.07, 6.45) is 2.32. The highest BCUT2D eigenvalue weighted by Crippen LogP contribution is 2.10. The maximum Gasteiger partial charge on any atom is 0.264 e. The van der Waals surface area contributed by atoms with E-state index in [1.54, 1.807) is 6.07 Å². The van der Waals surface area contributed by atoms with Crippen LogP contribution >= 0.6 is 12.4 Å². The number of aromatic amines is 1. The molecule has 15 heavy (non-hydrogen) atoms. The lowest BCUT2D eigenvalue weighted by atomic mass is 10.1. The first-order valence-electron chi connectivity index (χ1n) is 4.78. The average Bonchev–Trinajstić information content (AvgIpc) is 2.23. The van der Waals surface area contributed by atoms with Gasteiger partial charge in [-0.15, -0.1) is 17.5 Å². The van der Waals surface area contributed by atoms with Crippen molar-refractivity contribution in [2.45, 2.75) is 18.9 Å². The summed E-state index contributed by atoms with van der Waals surface area (Å²) in [6, 6.07) is 3.01. The van der Waals surface area contributed by atoms with Gasteiger partial charge in [0.25, 0.3) is 5.56 Å². The normalized spacial score (nSPS) is 20.4. The molecule has 6 heteroatoms. The van der Waals surface area contributed by atoms with Crippen LogP contribution in [0, 0.1) is 0 Å². The minimum absolute atomic E-state index is 0. The highest BCUT2D eigenvalue weighted by Gasteiger charge is 2.14. The van der Waals surface area contributed by atoms with E-state index >= 15 is 0 Å². The Morgan fingerprint density at radius 2 is 2.33 bits per heavy atom. The Kier molecular flexibility index (Phi) is 4.58. The Labute approximate surface area is 93.6 Å². The smallest absolute Gasteiger partial charge is 0.264 e. The molecule has 1 aliphatic rings. The minimum Gasteiger partial charge on any atom is -0.472 e. The average molecular weight is 232 g/mol. The second kappa shape index (κ2) is 5.72. The first-order valence-corrected chi connectivity index (χ1v) is 4.78. The van der Waals surface area contributed by atoms with E-state index in [9.17, 15) is 4.79 Å². The molecule has 1 aromatic rings. The van der Waals surface area contributed by atoms with Gasteiger partial charge in [0.1, 0.15) is 6.10 Å². The molecule has 84 valence electrons. The Morgan fingerprint density at radius 1 is 1.47 bits per heavy atom. The molecule has 0 aromatic carbocycles. The van der Waals surface area contributed by atoms with Crippen molar-refractivity contribution in [3.8, 4) is 5.88 Å². The fraction of sp³-hybridized carbons (Fsp3) is 0.556. The number of ether oxygens (including phenoxy) is 1. The third-order valence-corrected chi connectivity index (χ3v) is 2.19. The van der Waals surface area contributed by atoms with Gasteiger partial charge in [-0.05, 0) is 19.4 Å².